The number of rotatable bonds is 6. The summed E-state index contributed by atoms with van der Waals surface area (Å²) in [5, 5.41) is 0.553. The fourth-order valence-electron chi connectivity index (χ4n) is 1.86. The van der Waals surface area contributed by atoms with E-state index in [4.69, 9.17) is 21.1 Å². The maximum Gasteiger partial charge on any atom is 0.323 e. The van der Waals surface area contributed by atoms with Crippen LogP contribution in [0.25, 0.3) is 0 Å². The molecule has 20 heavy (non-hydrogen) atoms. The largest absolute Gasteiger partial charge is 0.465 e. The number of benzene rings is 1. The van der Waals surface area contributed by atoms with Gasteiger partial charge in [0.1, 0.15) is 0 Å². The Balaban J connectivity index is 3.04. The van der Waals surface area contributed by atoms with Gasteiger partial charge in [0.2, 0.25) is 0 Å². The molecule has 0 saturated carbocycles. The predicted molar refractivity (Wildman–Crippen MR) is 76.5 cm³/mol. The van der Waals surface area contributed by atoms with Crippen molar-refractivity contribution in [2.24, 2.45) is 5.41 Å². The molecular formula is C15H19ClO4. The van der Waals surface area contributed by atoms with E-state index in [0.717, 1.165) is 5.56 Å². The Bertz CT molecular complexity index is 467. The highest BCUT2D eigenvalue weighted by Crippen LogP contribution is 2.27. The summed E-state index contributed by atoms with van der Waals surface area (Å²) in [5.74, 6) is -1.17. The molecule has 0 fully saturated rings. The first-order chi connectivity index (χ1) is 9.43. The van der Waals surface area contributed by atoms with Crippen molar-refractivity contribution in [3.05, 3.63) is 34.9 Å². The van der Waals surface area contributed by atoms with Gasteiger partial charge in [-0.1, -0.05) is 23.7 Å². The minimum absolute atomic E-state index is 0.186. The van der Waals surface area contributed by atoms with Crippen molar-refractivity contribution in [1.82, 2.24) is 0 Å². The second kappa shape index (κ2) is 7.29. The second-order valence-electron chi connectivity index (χ2n) is 4.58. The first-order valence-corrected chi connectivity index (χ1v) is 6.90. The standard InChI is InChI=1S/C15H19ClO4/c1-4-19-13(17)15(3,14(18)20-5-2)10-11-7-6-8-12(16)9-11/h6-9H,4-5,10H2,1-3H3. The zero-order valence-corrected chi connectivity index (χ0v) is 12.7. The third kappa shape index (κ3) is 3.97. The predicted octanol–water partition coefficient (Wildman–Crippen LogP) is 3.02. The maximum absolute atomic E-state index is 12.1. The molecule has 0 aromatic heterocycles. The van der Waals surface area contributed by atoms with E-state index in [9.17, 15) is 9.59 Å². The fourth-order valence-corrected chi connectivity index (χ4v) is 2.08. The van der Waals surface area contributed by atoms with Gasteiger partial charge in [-0.05, 0) is 44.9 Å². The highest BCUT2D eigenvalue weighted by atomic mass is 35.5. The fraction of sp³-hybridized carbons (Fsp3) is 0.467. The molecule has 0 bridgehead atoms. The Labute approximate surface area is 124 Å². The lowest BCUT2D eigenvalue weighted by molar-refractivity contribution is -0.170. The quantitative estimate of drug-likeness (QED) is 0.598. The molecule has 0 aliphatic heterocycles. The van der Waals surface area contributed by atoms with Crippen LogP contribution in [-0.4, -0.2) is 25.2 Å². The van der Waals surface area contributed by atoms with Crippen molar-refractivity contribution in [2.75, 3.05) is 13.2 Å². The van der Waals surface area contributed by atoms with Crippen molar-refractivity contribution >= 4 is 23.5 Å². The molecule has 4 nitrogen and oxygen atoms in total. The highest BCUT2D eigenvalue weighted by Gasteiger charge is 2.44. The molecule has 1 aromatic rings. The normalized spacial score (nSPS) is 11.0. The van der Waals surface area contributed by atoms with E-state index in [1.165, 1.54) is 6.92 Å². The van der Waals surface area contributed by atoms with Gasteiger partial charge in [-0.3, -0.25) is 9.59 Å². The second-order valence-corrected chi connectivity index (χ2v) is 5.02. The molecule has 0 amide bonds. The topological polar surface area (TPSA) is 52.6 Å². The van der Waals surface area contributed by atoms with E-state index in [2.05, 4.69) is 0 Å². The molecule has 1 aromatic carbocycles. The number of hydrogen-bond donors (Lipinski definition) is 0. The van der Waals surface area contributed by atoms with E-state index in [0.29, 0.717) is 5.02 Å². The van der Waals surface area contributed by atoms with Crippen LogP contribution in [0.3, 0.4) is 0 Å². The van der Waals surface area contributed by atoms with Crippen LogP contribution in [-0.2, 0) is 25.5 Å². The molecule has 110 valence electrons. The van der Waals surface area contributed by atoms with Gasteiger partial charge >= 0.3 is 11.9 Å². The first-order valence-electron chi connectivity index (χ1n) is 6.53. The van der Waals surface area contributed by atoms with Crippen molar-refractivity contribution in [1.29, 1.82) is 0 Å². The van der Waals surface area contributed by atoms with Crippen LogP contribution in [0.15, 0.2) is 24.3 Å². The SMILES string of the molecule is CCOC(=O)C(C)(Cc1cccc(Cl)c1)C(=O)OCC. The average Bonchev–Trinajstić information content (AvgIpc) is 2.39. The summed E-state index contributed by atoms with van der Waals surface area (Å²) < 4.78 is 10.0. The molecule has 0 unspecified atom stereocenters. The molecule has 0 saturated heterocycles. The molecule has 5 heteroatoms. The number of carbonyl (C=O) groups is 2. The van der Waals surface area contributed by atoms with Crippen LogP contribution >= 0.6 is 11.6 Å². The van der Waals surface area contributed by atoms with Crippen molar-refractivity contribution in [2.45, 2.75) is 27.2 Å². The summed E-state index contributed by atoms with van der Waals surface area (Å²) in [6.45, 7) is 5.35. The minimum atomic E-state index is -1.36. The minimum Gasteiger partial charge on any atom is -0.465 e. The monoisotopic (exact) mass is 298 g/mol. The lowest BCUT2D eigenvalue weighted by Gasteiger charge is -2.25. The van der Waals surface area contributed by atoms with Crippen LogP contribution in [0, 0.1) is 5.41 Å². The van der Waals surface area contributed by atoms with Gasteiger partial charge in [0.05, 0.1) is 13.2 Å². The van der Waals surface area contributed by atoms with Crippen LogP contribution < -0.4 is 0 Å². The smallest absolute Gasteiger partial charge is 0.323 e. The zero-order valence-electron chi connectivity index (χ0n) is 11.9. The molecule has 0 aliphatic rings. The van der Waals surface area contributed by atoms with E-state index < -0.39 is 17.4 Å². The summed E-state index contributed by atoms with van der Waals surface area (Å²) in [6, 6.07) is 7.03. The maximum atomic E-state index is 12.1. The third-order valence-electron chi connectivity index (χ3n) is 2.90. The number of esters is 2. The van der Waals surface area contributed by atoms with Gasteiger partial charge in [-0.2, -0.15) is 0 Å². The van der Waals surface area contributed by atoms with E-state index >= 15 is 0 Å². The summed E-state index contributed by atoms with van der Waals surface area (Å²) in [6.07, 6.45) is 0.186. The van der Waals surface area contributed by atoms with E-state index in [-0.39, 0.29) is 19.6 Å². The van der Waals surface area contributed by atoms with Gasteiger partial charge < -0.3 is 9.47 Å². The molecule has 0 spiro atoms. The van der Waals surface area contributed by atoms with Crippen LogP contribution in [0.4, 0.5) is 0 Å². The van der Waals surface area contributed by atoms with E-state index in [1.807, 2.05) is 6.07 Å². The Morgan fingerprint density at radius 1 is 1.15 bits per heavy atom. The third-order valence-corrected chi connectivity index (χ3v) is 3.13. The van der Waals surface area contributed by atoms with Gasteiger partial charge in [-0.15, -0.1) is 0 Å². The molecule has 0 N–H and O–H groups in total. The molecule has 0 aliphatic carbocycles. The lowest BCUT2D eigenvalue weighted by atomic mass is 9.83. The lowest BCUT2D eigenvalue weighted by Crippen LogP contribution is -2.41. The first kappa shape index (κ1) is 16.5. The average molecular weight is 299 g/mol. The summed E-state index contributed by atoms with van der Waals surface area (Å²) in [7, 11) is 0. The van der Waals surface area contributed by atoms with Crippen molar-refractivity contribution in [3.8, 4) is 0 Å². The Morgan fingerprint density at radius 3 is 2.15 bits per heavy atom. The summed E-state index contributed by atoms with van der Waals surface area (Å²) in [5.41, 5.74) is -0.586. The summed E-state index contributed by atoms with van der Waals surface area (Å²) >= 11 is 5.92. The number of hydrogen-bond acceptors (Lipinski definition) is 4. The Hall–Kier alpha value is -1.55. The molecule has 0 atom stereocenters. The molecule has 0 heterocycles. The molecular weight excluding hydrogens is 280 g/mol. The van der Waals surface area contributed by atoms with Crippen LogP contribution in [0.1, 0.15) is 26.3 Å². The molecule has 1 rings (SSSR count). The van der Waals surface area contributed by atoms with Gasteiger partial charge in [0.15, 0.2) is 5.41 Å². The van der Waals surface area contributed by atoms with Crippen molar-refractivity contribution < 1.29 is 19.1 Å². The molecule has 0 radical (unpaired) electrons. The van der Waals surface area contributed by atoms with Gasteiger partial charge in [0.25, 0.3) is 0 Å². The highest BCUT2D eigenvalue weighted by molar-refractivity contribution is 6.30. The summed E-state index contributed by atoms with van der Waals surface area (Å²) in [4.78, 5) is 24.2. The van der Waals surface area contributed by atoms with Gasteiger partial charge in [0, 0.05) is 5.02 Å². The van der Waals surface area contributed by atoms with Crippen molar-refractivity contribution in [3.63, 3.8) is 0 Å². The number of carbonyl (C=O) groups excluding carboxylic acids is 2. The number of ether oxygens (including phenoxy) is 2. The van der Waals surface area contributed by atoms with Crippen LogP contribution in [0.2, 0.25) is 5.02 Å². The van der Waals surface area contributed by atoms with E-state index in [1.54, 1.807) is 32.0 Å². The number of halogens is 1. The van der Waals surface area contributed by atoms with Crippen LogP contribution in [0.5, 0.6) is 0 Å². The Kier molecular flexibility index (Phi) is 6.02. The van der Waals surface area contributed by atoms with Gasteiger partial charge in [-0.25, -0.2) is 0 Å². The Morgan fingerprint density at radius 2 is 1.70 bits per heavy atom. The zero-order chi connectivity index (χ0) is 15.2.